The highest BCUT2D eigenvalue weighted by Crippen LogP contribution is 2.47. The Balaban J connectivity index is 2.17. The molecule has 114 valence electrons. The molecule has 0 aliphatic heterocycles. The summed E-state index contributed by atoms with van der Waals surface area (Å²) in [4.78, 5) is 0. The average Bonchev–Trinajstić information content (AvgIpc) is 2.43. The SMILES string of the molecule is CC(C)(C)C1CCC(C#N)(Cc2c(Cl)cccc2Cl)CC1. The standard InChI is InChI=1S/C18H23Cl2N/c1-17(2,3)13-7-9-18(12-21,10-8-13)11-14-15(19)5-4-6-16(14)20/h4-6,13H,7-11H2,1-3H3. The van der Waals surface area contributed by atoms with Crippen molar-refractivity contribution in [3.05, 3.63) is 33.8 Å². The molecule has 1 aliphatic carbocycles. The molecular weight excluding hydrogens is 301 g/mol. The van der Waals surface area contributed by atoms with Crippen LogP contribution in [0.25, 0.3) is 0 Å². The second kappa shape index (κ2) is 6.19. The van der Waals surface area contributed by atoms with Crippen molar-refractivity contribution < 1.29 is 0 Å². The molecule has 3 heteroatoms. The van der Waals surface area contributed by atoms with Crippen molar-refractivity contribution in [1.82, 2.24) is 0 Å². The van der Waals surface area contributed by atoms with Gasteiger partial charge in [-0.2, -0.15) is 5.26 Å². The van der Waals surface area contributed by atoms with Crippen molar-refractivity contribution in [2.75, 3.05) is 0 Å². The Morgan fingerprint density at radius 2 is 1.71 bits per heavy atom. The molecule has 0 atom stereocenters. The summed E-state index contributed by atoms with van der Waals surface area (Å²) in [5.74, 6) is 0.695. The predicted octanol–water partition coefficient (Wildman–Crippen LogP) is 6.28. The Hall–Kier alpha value is -0.710. The minimum absolute atomic E-state index is 0.309. The van der Waals surface area contributed by atoms with E-state index in [2.05, 4.69) is 26.8 Å². The zero-order valence-electron chi connectivity index (χ0n) is 13.0. The molecule has 0 bridgehead atoms. The highest BCUT2D eigenvalue weighted by atomic mass is 35.5. The van der Waals surface area contributed by atoms with Gasteiger partial charge in [0.2, 0.25) is 0 Å². The minimum Gasteiger partial charge on any atom is -0.198 e. The molecule has 0 radical (unpaired) electrons. The van der Waals surface area contributed by atoms with Crippen molar-refractivity contribution in [1.29, 1.82) is 5.26 Å². The molecule has 0 N–H and O–H groups in total. The van der Waals surface area contributed by atoms with Crippen LogP contribution in [0.3, 0.4) is 0 Å². The van der Waals surface area contributed by atoms with Gasteiger partial charge in [-0.25, -0.2) is 0 Å². The van der Waals surface area contributed by atoms with Crippen LogP contribution in [0, 0.1) is 28.1 Å². The number of halogens is 2. The minimum atomic E-state index is -0.309. The molecule has 1 fully saturated rings. The molecule has 0 saturated heterocycles. The largest absolute Gasteiger partial charge is 0.198 e. The van der Waals surface area contributed by atoms with Gasteiger partial charge in [0.1, 0.15) is 0 Å². The van der Waals surface area contributed by atoms with E-state index in [0.717, 1.165) is 31.2 Å². The first-order valence-electron chi connectivity index (χ1n) is 7.61. The zero-order valence-corrected chi connectivity index (χ0v) is 14.6. The van der Waals surface area contributed by atoms with Crippen LogP contribution in [-0.2, 0) is 6.42 Å². The molecule has 0 amide bonds. The highest BCUT2D eigenvalue weighted by molar-refractivity contribution is 6.36. The maximum atomic E-state index is 9.74. The smallest absolute Gasteiger partial charge is 0.0693 e. The van der Waals surface area contributed by atoms with Gasteiger partial charge in [0.15, 0.2) is 0 Å². The second-order valence-corrected chi connectivity index (χ2v) is 8.22. The molecule has 1 saturated carbocycles. The van der Waals surface area contributed by atoms with E-state index in [1.54, 1.807) is 0 Å². The lowest BCUT2D eigenvalue weighted by molar-refractivity contribution is 0.120. The highest BCUT2D eigenvalue weighted by Gasteiger charge is 2.39. The summed E-state index contributed by atoms with van der Waals surface area (Å²) < 4.78 is 0. The van der Waals surface area contributed by atoms with E-state index in [-0.39, 0.29) is 5.41 Å². The van der Waals surface area contributed by atoms with Crippen LogP contribution in [0.4, 0.5) is 0 Å². The Morgan fingerprint density at radius 1 is 1.19 bits per heavy atom. The van der Waals surface area contributed by atoms with Gasteiger partial charge < -0.3 is 0 Å². The third kappa shape index (κ3) is 3.74. The Labute approximate surface area is 138 Å². The van der Waals surface area contributed by atoms with E-state index >= 15 is 0 Å². The van der Waals surface area contributed by atoms with Gasteiger partial charge in [-0.1, -0.05) is 50.0 Å². The molecule has 1 aliphatic rings. The van der Waals surface area contributed by atoms with Crippen LogP contribution in [-0.4, -0.2) is 0 Å². The number of hydrogen-bond acceptors (Lipinski definition) is 1. The molecule has 0 heterocycles. The quantitative estimate of drug-likeness (QED) is 0.628. The van der Waals surface area contributed by atoms with Gasteiger partial charge in [0, 0.05) is 10.0 Å². The number of hydrogen-bond donors (Lipinski definition) is 0. The van der Waals surface area contributed by atoms with Crippen LogP contribution in [0.5, 0.6) is 0 Å². The zero-order chi connectivity index (χ0) is 15.7. The first-order valence-corrected chi connectivity index (χ1v) is 8.37. The third-order valence-electron chi connectivity index (χ3n) is 4.98. The predicted molar refractivity (Wildman–Crippen MR) is 89.6 cm³/mol. The van der Waals surface area contributed by atoms with E-state index in [0.29, 0.717) is 27.8 Å². The van der Waals surface area contributed by atoms with Gasteiger partial charge in [-0.05, 0) is 61.1 Å². The van der Waals surface area contributed by atoms with Crippen LogP contribution in [0.15, 0.2) is 18.2 Å². The van der Waals surface area contributed by atoms with Gasteiger partial charge in [0.25, 0.3) is 0 Å². The summed E-state index contributed by atoms with van der Waals surface area (Å²) in [5.41, 5.74) is 0.941. The van der Waals surface area contributed by atoms with Gasteiger partial charge in [0.05, 0.1) is 11.5 Å². The second-order valence-electron chi connectivity index (χ2n) is 7.41. The maximum absolute atomic E-state index is 9.74. The van der Waals surface area contributed by atoms with Crippen LogP contribution >= 0.6 is 23.2 Å². The van der Waals surface area contributed by atoms with Gasteiger partial charge >= 0.3 is 0 Å². The first-order chi connectivity index (χ1) is 9.77. The fourth-order valence-electron chi connectivity index (χ4n) is 3.40. The van der Waals surface area contributed by atoms with E-state index in [9.17, 15) is 5.26 Å². The summed E-state index contributed by atoms with van der Waals surface area (Å²) >= 11 is 12.6. The molecule has 1 nitrogen and oxygen atoms in total. The van der Waals surface area contributed by atoms with Crippen molar-refractivity contribution in [3.8, 4) is 6.07 Å². The summed E-state index contributed by atoms with van der Waals surface area (Å²) in [6.45, 7) is 6.88. The molecule has 1 aromatic carbocycles. The number of rotatable bonds is 2. The third-order valence-corrected chi connectivity index (χ3v) is 5.69. The summed E-state index contributed by atoms with van der Waals surface area (Å²) in [7, 11) is 0. The molecule has 0 spiro atoms. The van der Waals surface area contributed by atoms with E-state index in [1.165, 1.54) is 0 Å². The molecule has 0 unspecified atom stereocenters. The normalized spacial score (nSPS) is 26.4. The van der Waals surface area contributed by atoms with Crippen molar-refractivity contribution in [2.24, 2.45) is 16.7 Å². The summed E-state index contributed by atoms with van der Waals surface area (Å²) in [6, 6.07) is 8.14. The van der Waals surface area contributed by atoms with Crippen LogP contribution in [0.1, 0.15) is 52.0 Å². The number of nitrogens with zero attached hydrogens (tertiary/aromatic N) is 1. The van der Waals surface area contributed by atoms with Gasteiger partial charge in [-0.15, -0.1) is 0 Å². The Bertz CT molecular complexity index is 523. The van der Waals surface area contributed by atoms with Crippen molar-refractivity contribution >= 4 is 23.2 Å². The number of benzene rings is 1. The lowest BCUT2D eigenvalue weighted by atomic mass is 9.63. The number of nitriles is 1. The van der Waals surface area contributed by atoms with E-state index in [4.69, 9.17) is 23.2 Å². The molecule has 2 rings (SSSR count). The molecule has 0 aromatic heterocycles. The lowest BCUT2D eigenvalue weighted by Gasteiger charge is -2.41. The van der Waals surface area contributed by atoms with Crippen LogP contribution in [0.2, 0.25) is 10.0 Å². The maximum Gasteiger partial charge on any atom is 0.0693 e. The van der Waals surface area contributed by atoms with Crippen molar-refractivity contribution in [2.45, 2.75) is 52.9 Å². The molecule has 1 aromatic rings. The Kier molecular flexibility index (Phi) is 4.91. The molecule has 21 heavy (non-hydrogen) atoms. The lowest BCUT2D eigenvalue weighted by Crippen LogP contribution is -2.33. The van der Waals surface area contributed by atoms with E-state index in [1.807, 2.05) is 18.2 Å². The summed E-state index contributed by atoms with van der Waals surface area (Å²) in [5, 5.41) is 11.1. The summed E-state index contributed by atoms with van der Waals surface area (Å²) in [6.07, 6.45) is 4.76. The van der Waals surface area contributed by atoms with Crippen LogP contribution < -0.4 is 0 Å². The first kappa shape index (κ1) is 16.7. The average molecular weight is 324 g/mol. The monoisotopic (exact) mass is 323 g/mol. The fourth-order valence-corrected chi connectivity index (χ4v) is 3.94. The van der Waals surface area contributed by atoms with E-state index < -0.39 is 0 Å². The fraction of sp³-hybridized carbons (Fsp3) is 0.611. The van der Waals surface area contributed by atoms with Gasteiger partial charge in [-0.3, -0.25) is 0 Å². The molecular formula is C18H23Cl2N. The van der Waals surface area contributed by atoms with Crippen molar-refractivity contribution in [3.63, 3.8) is 0 Å². The Morgan fingerprint density at radius 3 is 2.14 bits per heavy atom. The topological polar surface area (TPSA) is 23.8 Å².